The quantitative estimate of drug-likeness (QED) is 0.0300. The number of β-amino-alcohol motifs (C(OH)–C–C–N with tert-alkyl or cyclic N) is 2. The molecule has 7 fully saturated rings. The lowest BCUT2D eigenvalue weighted by molar-refractivity contribution is -0.160. The zero-order chi connectivity index (χ0) is 79.5. The molecule has 4 aliphatic heterocycles. The molecule has 0 spiro atoms. The number of carbonyl (C=O) groups excluding carboxylic acids is 9. The molecule has 3 saturated heterocycles. The second-order valence-electron chi connectivity index (χ2n) is 34.6. The van der Waals surface area contributed by atoms with Crippen LogP contribution < -0.4 is 9.44 Å². The summed E-state index contributed by atoms with van der Waals surface area (Å²) >= 11 is 0. The third-order valence-corrected chi connectivity index (χ3v) is 26.3. The summed E-state index contributed by atoms with van der Waals surface area (Å²) in [6, 6.07) is -2.84. The van der Waals surface area contributed by atoms with Crippen molar-refractivity contribution in [2.24, 2.45) is 75.9 Å². The number of amides is 5. The number of allylic oxidation sites excluding steroid dienone is 5. The largest absolute Gasteiger partial charge is 0.480 e. The number of esters is 2. The number of carbonyl (C=O) groups is 10. The molecule has 4 aliphatic carbocycles. The van der Waals surface area contributed by atoms with Gasteiger partial charge in [-0.05, 0) is 185 Å². The molecule has 25 nitrogen and oxygen atoms in total. The first-order valence-electron chi connectivity index (χ1n) is 38.5. The summed E-state index contributed by atoms with van der Waals surface area (Å²) in [4.78, 5) is 136. The maximum absolute atomic E-state index is 14.1. The monoisotopic (exact) mass is 1530 g/mol. The van der Waals surface area contributed by atoms with Crippen molar-refractivity contribution in [2.75, 3.05) is 19.6 Å². The number of likely N-dealkylation sites (tertiary alicyclic amines) is 2. The van der Waals surface area contributed by atoms with E-state index in [0.717, 1.165) is 44.9 Å². The molecule has 106 heavy (non-hydrogen) atoms. The SMILES string of the molecule is C=CCCC(C)C[C@@H](C)[C@H](C)C(=O)N1C[C@H](O)C[C@H]1C(=O)O.C=CCCC(C)C[C@@H](C)[C@H](CC(=O)OC(C)(C)C)C(=O)N1C[C@H](O)C[C@H]1C(=O)C[C@]1(C(=O)NS(=O)(=O)C2CC2)C[C@H]1C=C.CC1CC/C=C\[C@@H]2C[C@@]2(C(=O)NS(=O)(=O)C2CC2)CC(=O)[C@@H]2C[C@@H](O)CN2C(=O)[C@@H](CC(=O)OC(C)(C)C)[C@H](C)C1. The van der Waals surface area contributed by atoms with E-state index in [1.54, 1.807) is 47.6 Å². The first-order chi connectivity index (χ1) is 49.2. The van der Waals surface area contributed by atoms with E-state index in [2.05, 4.69) is 50.0 Å². The number of aliphatic hydroxyl groups is 3. The molecule has 0 aromatic heterocycles. The van der Waals surface area contributed by atoms with Crippen LogP contribution in [0.5, 0.6) is 0 Å². The number of aliphatic carboxylic acids is 1. The molecule has 0 aromatic carbocycles. The van der Waals surface area contributed by atoms with Gasteiger partial charge in [0.15, 0.2) is 11.6 Å². The van der Waals surface area contributed by atoms with Crippen molar-refractivity contribution in [3.63, 3.8) is 0 Å². The molecule has 8 aliphatic rings. The van der Waals surface area contributed by atoms with Gasteiger partial charge in [-0.25, -0.2) is 21.6 Å². The molecular formula is C79H125N5O20S2. The Balaban J connectivity index is 0.000000262. The van der Waals surface area contributed by atoms with Crippen molar-refractivity contribution >= 4 is 79.1 Å². The van der Waals surface area contributed by atoms with Crippen LogP contribution in [-0.2, 0) is 77.5 Å². The van der Waals surface area contributed by atoms with E-state index in [1.807, 2.05) is 52.0 Å². The Morgan fingerprint density at radius 2 is 1.18 bits per heavy atom. The van der Waals surface area contributed by atoms with Gasteiger partial charge in [-0.15, -0.1) is 19.7 Å². The fourth-order valence-electron chi connectivity index (χ4n) is 15.9. The van der Waals surface area contributed by atoms with Crippen LogP contribution in [0.2, 0.25) is 0 Å². The van der Waals surface area contributed by atoms with Crippen LogP contribution in [0.4, 0.5) is 0 Å². The third-order valence-electron chi connectivity index (χ3n) is 22.7. The Bertz CT molecular complexity index is 3470. The van der Waals surface area contributed by atoms with Crippen LogP contribution in [0.15, 0.2) is 50.1 Å². The van der Waals surface area contributed by atoms with Crippen molar-refractivity contribution in [1.82, 2.24) is 24.1 Å². The van der Waals surface area contributed by atoms with E-state index < -0.39 is 142 Å². The van der Waals surface area contributed by atoms with Crippen LogP contribution in [0.1, 0.15) is 231 Å². The lowest BCUT2D eigenvalue weighted by atomic mass is 9.82. The van der Waals surface area contributed by atoms with Crippen molar-refractivity contribution in [3.8, 4) is 0 Å². The highest BCUT2D eigenvalue weighted by Gasteiger charge is 2.63. The van der Waals surface area contributed by atoms with Gasteiger partial charge in [0, 0.05) is 57.7 Å². The topological polar surface area (TPSA) is 372 Å². The molecular weight excluding hydrogens is 1400 g/mol. The molecule has 5 amide bonds. The summed E-state index contributed by atoms with van der Waals surface area (Å²) in [5, 5.41) is 38.8. The number of nitrogens with zero attached hydrogens (tertiary/aromatic N) is 3. The van der Waals surface area contributed by atoms with Gasteiger partial charge in [0.2, 0.25) is 49.6 Å². The zero-order valence-corrected chi connectivity index (χ0v) is 66.8. The van der Waals surface area contributed by atoms with Gasteiger partial charge < -0.3 is 44.6 Å². The standard InChI is InChI=1S/C32H50N2O8S.C30H46N2O8S.C17H29NO4/c1-8-10-11-20(3)14-21(4)25(16-28(37)42-31(5,6)7)29(38)34-19-23(35)15-26(34)27(36)18-32(17-22(32)9-2)30(39)33-43(40,41)24-12-13-24;1-18-8-6-7-9-20-15-30(20,28(37)31-41(38,39)22-10-11-22)16-25(34)24-13-21(33)17-32(24)27(36)23(19(2)12-18)14-26(35)40-29(3,4)5;1-5-6-7-11(2)8-12(3)13(4)16(20)18-10-14(19)9-15(18)17(21)22/h8-9,20-26,35H,1-2,10-19H2,3-7H3,(H,33,39);7,9,18-24,33H,6,8,10-17H2,1-5H3,(H,31,37);5,11-15,19H,1,6-10H2,2-4H3,(H,21,22)/b;9-7-;/t20?,21-,22-,23-,25+,26+,32-;18?,19-,20-,21-,23+,24+,30-;11?,12-,13+,14-,15+/m111/s1. The Morgan fingerprint density at radius 1 is 0.670 bits per heavy atom. The molecule has 6 N–H and O–H groups in total. The molecule has 0 aromatic rings. The van der Waals surface area contributed by atoms with Crippen LogP contribution >= 0.6 is 0 Å². The number of sulfonamides is 2. The maximum atomic E-state index is 14.1. The summed E-state index contributed by atoms with van der Waals surface area (Å²) < 4.78 is 65.6. The number of rotatable bonds is 29. The third kappa shape index (κ3) is 24.7. The first-order valence-corrected chi connectivity index (χ1v) is 41.6. The average Bonchev–Trinajstić information content (AvgIpc) is 1.56. The number of fused-ring (bicyclic) bond motifs is 2. The highest BCUT2D eigenvalue weighted by molar-refractivity contribution is 7.91. The smallest absolute Gasteiger partial charge is 0.326 e. The predicted molar refractivity (Wildman–Crippen MR) is 400 cm³/mol. The highest BCUT2D eigenvalue weighted by Crippen LogP contribution is 2.58. The first kappa shape index (κ1) is 88.7. The van der Waals surface area contributed by atoms with Crippen molar-refractivity contribution in [3.05, 3.63) is 50.1 Å². The number of nitrogens with one attached hydrogen (secondary N) is 2. The Hall–Kier alpha value is -6.16. The van der Waals surface area contributed by atoms with E-state index in [-0.39, 0.29) is 136 Å². The number of ketones is 2. The molecule has 8 rings (SSSR count). The molecule has 4 saturated carbocycles. The maximum Gasteiger partial charge on any atom is 0.326 e. The highest BCUT2D eigenvalue weighted by atomic mass is 32.2. The van der Waals surface area contributed by atoms with Gasteiger partial charge in [0.25, 0.3) is 0 Å². The van der Waals surface area contributed by atoms with E-state index in [4.69, 9.17) is 9.47 Å². The lowest BCUT2D eigenvalue weighted by Gasteiger charge is -2.32. The Labute approximate surface area is 629 Å². The number of hydrogen-bond acceptors (Lipinski definition) is 19. The molecule has 0 bridgehead atoms. The number of carboxylic acid groups (broad SMARTS) is 1. The van der Waals surface area contributed by atoms with Crippen LogP contribution in [0.25, 0.3) is 0 Å². The second-order valence-corrected chi connectivity index (χ2v) is 38.5. The number of carboxylic acids is 1. The minimum Gasteiger partial charge on any atom is -0.480 e. The normalized spacial score (nSPS) is 30.3. The number of aliphatic hydroxyl groups excluding tert-OH is 3. The van der Waals surface area contributed by atoms with Crippen LogP contribution in [0, 0.1) is 75.9 Å². The predicted octanol–water partition coefficient (Wildman–Crippen LogP) is 8.86. The van der Waals surface area contributed by atoms with Gasteiger partial charge in [-0.1, -0.05) is 78.8 Å². The summed E-state index contributed by atoms with van der Waals surface area (Å²) in [5.74, 6) is -6.78. The van der Waals surface area contributed by atoms with Gasteiger partial charge >= 0.3 is 17.9 Å². The van der Waals surface area contributed by atoms with Gasteiger partial charge in [0.1, 0.15) is 17.2 Å². The second kappa shape index (κ2) is 37.0. The minimum absolute atomic E-state index is 0.00464. The van der Waals surface area contributed by atoms with Crippen molar-refractivity contribution in [1.29, 1.82) is 0 Å². The van der Waals surface area contributed by atoms with Gasteiger partial charge in [-0.2, -0.15) is 0 Å². The lowest BCUT2D eigenvalue weighted by Crippen LogP contribution is -2.47. The Morgan fingerprint density at radius 3 is 1.69 bits per heavy atom. The van der Waals surface area contributed by atoms with E-state index in [0.29, 0.717) is 50.9 Å². The summed E-state index contributed by atoms with van der Waals surface area (Å²) in [5.41, 5.74) is -3.91. The van der Waals surface area contributed by atoms with Gasteiger partial charge in [0.05, 0.1) is 76.4 Å². The van der Waals surface area contributed by atoms with E-state index >= 15 is 0 Å². The van der Waals surface area contributed by atoms with E-state index in [9.17, 15) is 85.2 Å². The fourth-order valence-corrected chi connectivity index (χ4v) is 18.7. The van der Waals surface area contributed by atoms with Crippen LogP contribution in [0.3, 0.4) is 0 Å². The molecule has 4 heterocycles. The summed E-state index contributed by atoms with van der Waals surface area (Å²) in [7, 11) is -7.60. The summed E-state index contributed by atoms with van der Waals surface area (Å²) in [6.07, 6.45) is 16.2. The fraction of sp³-hybridized carbons (Fsp3) is 0.772. The average molecular weight is 1530 g/mol. The number of hydrogen-bond donors (Lipinski definition) is 6. The van der Waals surface area contributed by atoms with E-state index in [1.165, 1.54) is 14.7 Å². The van der Waals surface area contributed by atoms with Gasteiger partial charge in [-0.3, -0.25) is 52.6 Å². The molecule has 598 valence electrons. The Kier molecular flexibility index (Phi) is 31.0. The molecule has 3 unspecified atom stereocenters. The molecule has 27 heteroatoms. The van der Waals surface area contributed by atoms with Crippen LogP contribution in [-0.4, -0.2) is 189 Å². The summed E-state index contributed by atoms with van der Waals surface area (Å²) in [6.45, 7) is 35.9. The minimum atomic E-state index is -3.81. The molecule has 19 atom stereocenters. The van der Waals surface area contributed by atoms with Crippen molar-refractivity contribution in [2.45, 2.75) is 289 Å². The van der Waals surface area contributed by atoms with Crippen molar-refractivity contribution < 1.29 is 94.7 Å². The number of Topliss-reactive ketones (excluding diaryl/α,β-unsaturated/α-hetero) is 2. The number of ether oxygens (including phenoxy) is 2. The zero-order valence-electron chi connectivity index (χ0n) is 65.1. The molecule has 0 radical (unpaired) electrons.